The minimum Gasteiger partial charge on any atom is -0.377 e. The van der Waals surface area contributed by atoms with E-state index in [-0.39, 0.29) is 23.4 Å². The van der Waals surface area contributed by atoms with Crippen LogP contribution in [0.5, 0.6) is 0 Å². The lowest BCUT2D eigenvalue weighted by Crippen LogP contribution is -2.49. The molecule has 0 aromatic carbocycles. The van der Waals surface area contributed by atoms with Gasteiger partial charge in [0.25, 0.3) is 5.91 Å². The zero-order chi connectivity index (χ0) is 12.3. The molecule has 17 heavy (non-hydrogen) atoms. The summed E-state index contributed by atoms with van der Waals surface area (Å²) < 4.78 is 18.7. The van der Waals surface area contributed by atoms with E-state index < -0.39 is 5.82 Å². The van der Waals surface area contributed by atoms with Crippen molar-refractivity contribution in [1.82, 2.24) is 9.88 Å². The summed E-state index contributed by atoms with van der Waals surface area (Å²) in [6.07, 6.45) is 2.43. The second-order valence-corrected chi connectivity index (χ2v) is 4.05. The fourth-order valence-corrected chi connectivity index (χ4v) is 2.01. The van der Waals surface area contributed by atoms with Crippen molar-refractivity contribution in [1.29, 1.82) is 0 Å². The Labute approximate surface area is 103 Å². The van der Waals surface area contributed by atoms with Crippen molar-refractivity contribution in [3.05, 3.63) is 29.8 Å². The minimum absolute atomic E-state index is 0.0250. The summed E-state index contributed by atoms with van der Waals surface area (Å²) in [5, 5.41) is 0. The zero-order valence-corrected chi connectivity index (χ0v) is 9.86. The second kappa shape index (κ2) is 5.42. The van der Waals surface area contributed by atoms with Crippen LogP contribution in [0.1, 0.15) is 10.4 Å². The number of carbonyl (C=O) groups is 1. The maximum absolute atomic E-state index is 13.5. The Bertz CT molecular complexity index is 416. The van der Waals surface area contributed by atoms with E-state index in [1.165, 1.54) is 12.3 Å². The van der Waals surface area contributed by atoms with Gasteiger partial charge in [0.15, 0.2) is 5.82 Å². The van der Waals surface area contributed by atoms with Crippen LogP contribution in [0.25, 0.3) is 0 Å². The molecular weight excluding hydrogens is 247 g/mol. The van der Waals surface area contributed by atoms with Crippen LogP contribution in [0.3, 0.4) is 0 Å². The van der Waals surface area contributed by atoms with Crippen LogP contribution in [0.2, 0.25) is 0 Å². The molecule has 2 rings (SSSR count). The third kappa shape index (κ3) is 2.56. The van der Waals surface area contributed by atoms with Gasteiger partial charge in [0.1, 0.15) is 0 Å². The lowest BCUT2D eigenvalue weighted by Gasteiger charge is -2.34. The number of aromatic nitrogens is 1. The number of nitrogens with zero attached hydrogens (tertiary/aromatic N) is 2. The Balaban J connectivity index is 2.21. The molecule has 0 bridgehead atoms. The van der Waals surface area contributed by atoms with Gasteiger partial charge in [-0.05, 0) is 6.07 Å². The van der Waals surface area contributed by atoms with Gasteiger partial charge >= 0.3 is 0 Å². The molecule has 0 aliphatic carbocycles. The van der Waals surface area contributed by atoms with Gasteiger partial charge in [0.2, 0.25) is 0 Å². The monoisotopic (exact) mass is 258 g/mol. The van der Waals surface area contributed by atoms with Gasteiger partial charge < -0.3 is 9.64 Å². The molecule has 4 nitrogen and oxygen atoms in total. The smallest absolute Gasteiger partial charge is 0.257 e. The minimum atomic E-state index is -0.614. The Morgan fingerprint density at radius 2 is 2.53 bits per heavy atom. The van der Waals surface area contributed by atoms with Crippen LogP contribution in [0.15, 0.2) is 18.5 Å². The van der Waals surface area contributed by atoms with Gasteiger partial charge in [-0.25, -0.2) is 4.39 Å². The third-order valence-electron chi connectivity index (χ3n) is 2.67. The highest BCUT2D eigenvalue weighted by Gasteiger charge is 2.28. The molecule has 1 fully saturated rings. The molecule has 1 unspecified atom stereocenters. The number of alkyl halides is 1. The van der Waals surface area contributed by atoms with E-state index in [1.807, 2.05) is 0 Å². The van der Waals surface area contributed by atoms with Crippen LogP contribution in [0.4, 0.5) is 4.39 Å². The molecule has 1 aromatic heterocycles. The normalized spacial score (nSPS) is 20.4. The first-order valence-corrected chi connectivity index (χ1v) is 5.81. The highest BCUT2D eigenvalue weighted by Crippen LogP contribution is 2.15. The van der Waals surface area contributed by atoms with E-state index in [1.54, 1.807) is 4.90 Å². The van der Waals surface area contributed by atoms with E-state index in [4.69, 9.17) is 16.3 Å². The summed E-state index contributed by atoms with van der Waals surface area (Å²) in [6, 6.07) is 1.17. The molecule has 0 saturated carbocycles. The fourth-order valence-electron chi connectivity index (χ4n) is 1.75. The van der Waals surface area contributed by atoms with E-state index in [9.17, 15) is 9.18 Å². The number of hydrogen-bond acceptors (Lipinski definition) is 3. The van der Waals surface area contributed by atoms with Gasteiger partial charge in [0.05, 0.1) is 31.0 Å². The number of pyridine rings is 1. The number of amides is 1. The summed E-state index contributed by atoms with van der Waals surface area (Å²) >= 11 is 5.77. The SMILES string of the molecule is O=C(c1ccncc1F)N1CCOCC1CCl. The largest absolute Gasteiger partial charge is 0.377 e. The molecular formula is C11H12ClFN2O2. The average molecular weight is 259 g/mol. The number of hydrogen-bond donors (Lipinski definition) is 0. The molecule has 1 aliphatic rings. The summed E-state index contributed by atoms with van der Waals surface area (Å²) in [6.45, 7) is 1.27. The summed E-state index contributed by atoms with van der Waals surface area (Å²) in [4.78, 5) is 17.3. The van der Waals surface area contributed by atoms with Crippen LogP contribution < -0.4 is 0 Å². The predicted octanol–water partition coefficient (Wildman–Crippen LogP) is 1.30. The van der Waals surface area contributed by atoms with Crippen molar-refractivity contribution in [3.63, 3.8) is 0 Å². The van der Waals surface area contributed by atoms with Gasteiger partial charge in [-0.1, -0.05) is 0 Å². The molecule has 1 atom stereocenters. The van der Waals surface area contributed by atoms with E-state index in [2.05, 4.69) is 4.98 Å². The Morgan fingerprint density at radius 1 is 1.71 bits per heavy atom. The number of carbonyl (C=O) groups excluding carboxylic acids is 1. The first kappa shape index (κ1) is 12.3. The molecule has 92 valence electrons. The third-order valence-corrected chi connectivity index (χ3v) is 3.03. The van der Waals surface area contributed by atoms with Crippen molar-refractivity contribution < 1.29 is 13.9 Å². The van der Waals surface area contributed by atoms with Gasteiger partial charge in [-0.15, -0.1) is 11.6 Å². The van der Waals surface area contributed by atoms with Crippen LogP contribution in [0, 0.1) is 5.82 Å². The first-order chi connectivity index (χ1) is 8.24. The van der Waals surface area contributed by atoms with Crippen molar-refractivity contribution in [3.8, 4) is 0 Å². The molecule has 6 heteroatoms. The molecule has 0 N–H and O–H groups in total. The second-order valence-electron chi connectivity index (χ2n) is 3.74. The molecule has 0 spiro atoms. The summed E-state index contributed by atoms with van der Waals surface area (Å²) in [5.41, 5.74) is 0.0250. The molecule has 1 amide bonds. The van der Waals surface area contributed by atoms with Crippen LogP contribution in [-0.2, 0) is 4.74 Å². The maximum Gasteiger partial charge on any atom is 0.257 e. The fraction of sp³-hybridized carbons (Fsp3) is 0.455. The first-order valence-electron chi connectivity index (χ1n) is 5.28. The van der Waals surface area contributed by atoms with Crippen LogP contribution in [-0.4, -0.2) is 47.5 Å². The average Bonchev–Trinajstić information content (AvgIpc) is 2.38. The number of halogens is 2. The molecule has 2 heterocycles. The van der Waals surface area contributed by atoms with Crippen molar-refractivity contribution in [2.24, 2.45) is 0 Å². The van der Waals surface area contributed by atoms with Crippen molar-refractivity contribution >= 4 is 17.5 Å². The number of ether oxygens (including phenoxy) is 1. The Hall–Kier alpha value is -1.20. The highest BCUT2D eigenvalue weighted by atomic mass is 35.5. The molecule has 1 saturated heterocycles. The van der Waals surface area contributed by atoms with Crippen molar-refractivity contribution in [2.45, 2.75) is 6.04 Å². The number of morpholine rings is 1. The Morgan fingerprint density at radius 3 is 3.24 bits per heavy atom. The molecule has 0 radical (unpaired) electrons. The Kier molecular flexibility index (Phi) is 3.91. The van der Waals surface area contributed by atoms with E-state index in [0.717, 1.165) is 6.20 Å². The lowest BCUT2D eigenvalue weighted by molar-refractivity contribution is 0.00430. The highest BCUT2D eigenvalue weighted by molar-refractivity contribution is 6.18. The standard InChI is InChI=1S/C11H12ClFN2O2/c12-5-8-7-17-4-3-15(8)11(16)9-1-2-14-6-10(9)13/h1-2,6,8H,3-5,7H2. The summed E-state index contributed by atoms with van der Waals surface area (Å²) in [5.74, 6) is -0.700. The molecule has 1 aromatic rings. The topological polar surface area (TPSA) is 42.4 Å². The maximum atomic E-state index is 13.5. The van der Waals surface area contributed by atoms with Gasteiger partial charge in [-0.3, -0.25) is 9.78 Å². The predicted molar refractivity (Wildman–Crippen MR) is 60.6 cm³/mol. The van der Waals surface area contributed by atoms with Crippen molar-refractivity contribution in [2.75, 3.05) is 25.6 Å². The quantitative estimate of drug-likeness (QED) is 0.751. The van der Waals surface area contributed by atoms with Gasteiger partial charge in [-0.2, -0.15) is 0 Å². The zero-order valence-electron chi connectivity index (χ0n) is 9.10. The molecule has 1 aliphatic heterocycles. The summed E-state index contributed by atoms with van der Waals surface area (Å²) in [7, 11) is 0. The van der Waals surface area contributed by atoms with E-state index in [0.29, 0.717) is 19.8 Å². The van der Waals surface area contributed by atoms with Crippen LogP contribution >= 0.6 is 11.6 Å². The van der Waals surface area contributed by atoms with E-state index >= 15 is 0 Å². The number of rotatable bonds is 2. The lowest BCUT2D eigenvalue weighted by atomic mass is 10.1. The van der Waals surface area contributed by atoms with Gasteiger partial charge in [0, 0.05) is 18.6 Å².